The van der Waals surface area contributed by atoms with E-state index in [2.05, 4.69) is 0 Å². The molecule has 1 rings (SSSR count). The van der Waals surface area contributed by atoms with Gasteiger partial charge < -0.3 is 14.6 Å². The molecule has 0 fully saturated rings. The molecule has 0 radical (unpaired) electrons. The molecule has 1 N–H and O–H groups in total. The van der Waals surface area contributed by atoms with Crippen molar-refractivity contribution in [3.05, 3.63) is 27.8 Å². The molecule has 0 aliphatic carbocycles. The van der Waals surface area contributed by atoms with Crippen molar-refractivity contribution in [1.82, 2.24) is 0 Å². The van der Waals surface area contributed by atoms with Gasteiger partial charge in [0.15, 0.2) is 5.75 Å². The molecule has 18 heavy (non-hydrogen) atoms. The molecular formula is C11H13NO6. The van der Waals surface area contributed by atoms with Crippen LogP contribution < -0.4 is 9.47 Å². The fraction of sp³-hybridized carbons (Fsp3) is 0.364. The summed E-state index contributed by atoms with van der Waals surface area (Å²) < 4.78 is 9.92. The summed E-state index contributed by atoms with van der Waals surface area (Å²) in [6, 6.07) is 2.83. The summed E-state index contributed by atoms with van der Waals surface area (Å²) in [5.74, 6) is -0.721. The highest BCUT2D eigenvalue weighted by Gasteiger charge is 2.21. The molecule has 0 unspecified atom stereocenters. The molecule has 0 aromatic heterocycles. The van der Waals surface area contributed by atoms with E-state index in [4.69, 9.17) is 14.6 Å². The monoisotopic (exact) mass is 255 g/mol. The number of rotatable bonds is 6. The third-order valence-electron chi connectivity index (χ3n) is 2.34. The second-order valence-corrected chi connectivity index (χ2v) is 3.50. The number of carboxylic acid groups (broad SMARTS) is 1. The minimum atomic E-state index is -0.965. The lowest BCUT2D eigenvalue weighted by Gasteiger charge is -2.09. The van der Waals surface area contributed by atoms with Gasteiger partial charge in [-0.05, 0) is 18.1 Å². The molecule has 0 saturated carbocycles. The van der Waals surface area contributed by atoms with Gasteiger partial charge in [0.1, 0.15) is 0 Å². The quantitative estimate of drug-likeness (QED) is 0.612. The van der Waals surface area contributed by atoms with Crippen LogP contribution >= 0.6 is 0 Å². The smallest absolute Gasteiger partial charge is 0.315 e. The highest BCUT2D eigenvalue weighted by Crippen LogP contribution is 2.38. The SMILES string of the molecule is COc1cc(CCC(=O)O)cc([N+](=O)[O-])c1OC. The van der Waals surface area contributed by atoms with Gasteiger partial charge in [0.2, 0.25) is 5.75 Å². The number of carbonyl (C=O) groups is 1. The Balaban J connectivity index is 3.18. The summed E-state index contributed by atoms with van der Waals surface area (Å²) in [7, 11) is 2.67. The second kappa shape index (κ2) is 5.85. The van der Waals surface area contributed by atoms with Gasteiger partial charge in [-0.3, -0.25) is 14.9 Å². The third kappa shape index (κ3) is 3.09. The molecule has 0 aliphatic heterocycles. The number of nitro groups is 1. The van der Waals surface area contributed by atoms with Crippen LogP contribution in [0.1, 0.15) is 12.0 Å². The molecule has 0 saturated heterocycles. The number of carboxylic acids is 1. The van der Waals surface area contributed by atoms with Crippen LogP contribution in [0.5, 0.6) is 11.5 Å². The number of methoxy groups -OCH3 is 2. The number of nitrogens with zero attached hydrogens (tertiary/aromatic N) is 1. The van der Waals surface area contributed by atoms with Crippen molar-refractivity contribution < 1.29 is 24.3 Å². The Kier molecular flexibility index (Phi) is 4.47. The van der Waals surface area contributed by atoms with Crippen LogP contribution in [0.25, 0.3) is 0 Å². The Hall–Kier alpha value is -2.31. The van der Waals surface area contributed by atoms with Crippen LogP contribution in [-0.4, -0.2) is 30.2 Å². The zero-order valence-electron chi connectivity index (χ0n) is 10.0. The molecule has 0 atom stereocenters. The van der Waals surface area contributed by atoms with Crippen molar-refractivity contribution in [3.63, 3.8) is 0 Å². The fourth-order valence-corrected chi connectivity index (χ4v) is 1.53. The molecule has 0 bridgehead atoms. The minimum absolute atomic E-state index is 0.0292. The highest BCUT2D eigenvalue weighted by atomic mass is 16.6. The maximum Gasteiger partial charge on any atom is 0.315 e. The van der Waals surface area contributed by atoms with E-state index in [9.17, 15) is 14.9 Å². The van der Waals surface area contributed by atoms with Crippen LogP contribution in [0.15, 0.2) is 12.1 Å². The maximum absolute atomic E-state index is 10.9. The van der Waals surface area contributed by atoms with Crippen molar-refractivity contribution in [2.75, 3.05) is 14.2 Å². The number of aliphatic carboxylic acids is 1. The number of hydrogen-bond acceptors (Lipinski definition) is 5. The lowest BCUT2D eigenvalue weighted by atomic mass is 10.1. The molecule has 7 heteroatoms. The first-order valence-electron chi connectivity index (χ1n) is 5.10. The van der Waals surface area contributed by atoms with Crippen LogP contribution in [0.2, 0.25) is 0 Å². The molecule has 0 heterocycles. The van der Waals surface area contributed by atoms with Gasteiger partial charge in [-0.2, -0.15) is 0 Å². The molecule has 1 aromatic carbocycles. The molecular weight excluding hydrogens is 242 g/mol. The molecule has 0 aliphatic rings. The van der Waals surface area contributed by atoms with Crippen molar-refractivity contribution >= 4 is 11.7 Å². The topological polar surface area (TPSA) is 98.9 Å². The van der Waals surface area contributed by atoms with Crippen LogP contribution in [0, 0.1) is 10.1 Å². The summed E-state index contributed by atoms with van der Waals surface area (Å²) in [6.07, 6.45) is 0.0865. The van der Waals surface area contributed by atoms with Crippen molar-refractivity contribution in [2.24, 2.45) is 0 Å². The predicted octanol–water partition coefficient (Wildman–Crippen LogP) is 1.63. The van der Waals surface area contributed by atoms with Gasteiger partial charge in [-0.1, -0.05) is 0 Å². The molecule has 98 valence electrons. The van der Waals surface area contributed by atoms with Crippen molar-refractivity contribution in [1.29, 1.82) is 0 Å². The minimum Gasteiger partial charge on any atom is -0.493 e. The third-order valence-corrected chi connectivity index (χ3v) is 2.34. The molecule has 0 amide bonds. The first kappa shape index (κ1) is 13.8. The highest BCUT2D eigenvalue weighted by molar-refractivity contribution is 5.67. The van der Waals surface area contributed by atoms with Crippen molar-refractivity contribution in [3.8, 4) is 11.5 Å². The molecule has 7 nitrogen and oxygen atoms in total. The van der Waals surface area contributed by atoms with E-state index in [1.807, 2.05) is 0 Å². The van der Waals surface area contributed by atoms with Crippen molar-refractivity contribution in [2.45, 2.75) is 12.8 Å². The van der Waals surface area contributed by atoms with Crippen LogP contribution in [0.4, 0.5) is 5.69 Å². The van der Waals surface area contributed by atoms with Crippen LogP contribution in [-0.2, 0) is 11.2 Å². The van der Waals surface area contributed by atoms with Gasteiger partial charge in [0.25, 0.3) is 0 Å². The Morgan fingerprint density at radius 1 is 1.39 bits per heavy atom. The number of benzene rings is 1. The van der Waals surface area contributed by atoms with E-state index in [-0.39, 0.29) is 30.0 Å². The maximum atomic E-state index is 10.9. The Morgan fingerprint density at radius 2 is 2.06 bits per heavy atom. The summed E-state index contributed by atoms with van der Waals surface area (Å²) in [5.41, 5.74) is 0.277. The van der Waals surface area contributed by atoms with Gasteiger partial charge in [-0.15, -0.1) is 0 Å². The lowest BCUT2D eigenvalue weighted by molar-refractivity contribution is -0.385. The molecule has 0 spiro atoms. The molecule has 1 aromatic rings. The lowest BCUT2D eigenvalue weighted by Crippen LogP contribution is -2.01. The van der Waals surface area contributed by atoms with Gasteiger partial charge in [0.05, 0.1) is 19.1 Å². The standard InChI is InChI=1S/C11H13NO6/c1-17-9-6-7(3-4-10(13)14)5-8(12(15)16)11(9)18-2/h5-6H,3-4H2,1-2H3,(H,13,14). The average Bonchev–Trinajstić information content (AvgIpc) is 2.34. The largest absolute Gasteiger partial charge is 0.493 e. The Morgan fingerprint density at radius 3 is 2.50 bits per heavy atom. The number of hydrogen-bond donors (Lipinski definition) is 1. The zero-order chi connectivity index (χ0) is 13.7. The van der Waals surface area contributed by atoms with E-state index in [1.165, 1.54) is 26.4 Å². The number of ether oxygens (including phenoxy) is 2. The second-order valence-electron chi connectivity index (χ2n) is 3.50. The number of aryl methyl sites for hydroxylation is 1. The summed E-state index contributed by atoms with van der Waals surface area (Å²) in [6.45, 7) is 0. The van der Waals surface area contributed by atoms with Gasteiger partial charge in [-0.25, -0.2) is 0 Å². The van der Waals surface area contributed by atoms with E-state index in [1.54, 1.807) is 0 Å². The van der Waals surface area contributed by atoms with Gasteiger partial charge in [0, 0.05) is 12.5 Å². The summed E-state index contributed by atoms with van der Waals surface area (Å²) in [5, 5.41) is 19.5. The van der Waals surface area contributed by atoms with E-state index in [0.29, 0.717) is 5.56 Å². The van der Waals surface area contributed by atoms with E-state index < -0.39 is 10.9 Å². The zero-order valence-corrected chi connectivity index (χ0v) is 10.0. The normalized spacial score (nSPS) is 9.89. The predicted molar refractivity (Wildman–Crippen MR) is 62.2 cm³/mol. The fourth-order valence-electron chi connectivity index (χ4n) is 1.53. The van der Waals surface area contributed by atoms with Crippen LogP contribution in [0.3, 0.4) is 0 Å². The summed E-state index contributed by atoms with van der Waals surface area (Å²) in [4.78, 5) is 20.8. The Bertz CT molecular complexity index is 471. The van der Waals surface area contributed by atoms with Gasteiger partial charge >= 0.3 is 11.7 Å². The average molecular weight is 255 g/mol. The Labute approximate surface area is 103 Å². The van der Waals surface area contributed by atoms with E-state index in [0.717, 1.165) is 0 Å². The van der Waals surface area contributed by atoms with E-state index >= 15 is 0 Å². The first-order chi connectivity index (χ1) is 8.49. The summed E-state index contributed by atoms with van der Waals surface area (Å²) >= 11 is 0. The first-order valence-corrected chi connectivity index (χ1v) is 5.10. The number of nitro benzene ring substituents is 1.